The lowest BCUT2D eigenvalue weighted by Gasteiger charge is -2.17. The lowest BCUT2D eigenvalue weighted by atomic mass is 10.1. The maximum Gasteiger partial charge on any atom is 0.129 e. The third kappa shape index (κ3) is 2.95. The second-order valence-electron chi connectivity index (χ2n) is 4.29. The van der Waals surface area contributed by atoms with Crippen LogP contribution in [0.5, 0.6) is 0 Å². The Morgan fingerprint density at radius 1 is 1.38 bits per heavy atom. The van der Waals surface area contributed by atoms with Crippen molar-refractivity contribution < 1.29 is 4.74 Å². The molecule has 1 aromatic rings. The SMILES string of the molecule is COCCCCc1ccc2c(n1)NCCC2. The molecule has 3 nitrogen and oxygen atoms in total. The van der Waals surface area contributed by atoms with Crippen molar-refractivity contribution in [1.82, 2.24) is 4.98 Å². The van der Waals surface area contributed by atoms with Gasteiger partial charge in [0.1, 0.15) is 5.82 Å². The molecule has 0 unspecified atom stereocenters. The number of rotatable bonds is 5. The van der Waals surface area contributed by atoms with E-state index in [1.807, 2.05) is 0 Å². The summed E-state index contributed by atoms with van der Waals surface area (Å²) in [4.78, 5) is 4.66. The van der Waals surface area contributed by atoms with Crippen LogP contribution in [0.3, 0.4) is 0 Å². The summed E-state index contributed by atoms with van der Waals surface area (Å²) in [6.45, 7) is 1.91. The third-order valence-electron chi connectivity index (χ3n) is 2.98. The fourth-order valence-electron chi connectivity index (χ4n) is 2.06. The standard InChI is InChI=1S/C13H20N2O/c1-16-10-3-2-6-12-8-7-11-5-4-9-14-13(11)15-12/h7-8H,2-6,9-10H2,1H3,(H,14,15). The van der Waals surface area contributed by atoms with Gasteiger partial charge in [-0.25, -0.2) is 4.98 Å². The van der Waals surface area contributed by atoms with Gasteiger partial charge >= 0.3 is 0 Å². The molecule has 0 amide bonds. The Labute approximate surface area is 97.2 Å². The van der Waals surface area contributed by atoms with E-state index in [9.17, 15) is 0 Å². The van der Waals surface area contributed by atoms with Crippen molar-refractivity contribution >= 4 is 5.82 Å². The first-order valence-corrected chi connectivity index (χ1v) is 6.12. The highest BCUT2D eigenvalue weighted by Crippen LogP contribution is 2.20. The number of unbranched alkanes of at least 4 members (excludes halogenated alkanes) is 1. The molecule has 0 bridgehead atoms. The second-order valence-corrected chi connectivity index (χ2v) is 4.29. The zero-order valence-corrected chi connectivity index (χ0v) is 9.96. The molecule has 1 aromatic heterocycles. The maximum atomic E-state index is 5.04. The number of anilines is 1. The Hall–Kier alpha value is -1.09. The molecule has 1 N–H and O–H groups in total. The van der Waals surface area contributed by atoms with Gasteiger partial charge in [0.2, 0.25) is 0 Å². The van der Waals surface area contributed by atoms with Gasteiger partial charge in [-0.15, -0.1) is 0 Å². The van der Waals surface area contributed by atoms with Crippen molar-refractivity contribution in [2.45, 2.75) is 32.1 Å². The van der Waals surface area contributed by atoms with E-state index in [0.29, 0.717) is 0 Å². The molecule has 0 saturated carbocycles. The first-order valence-electron chi connectivity index (χ1n) is 6.12. The Balaban J connectivity index is 1.90. The number of hydrogen-bond acceptors (Lipinski definition) is 3. The summed E-state index contributed by atoms with van der Waals surface area (Å²) >= 11 is 0. The number of fused-ring (bicyclic) bond motifs is 1. The Kier molecular flexibility index (Phi) is 4.17. The van der Waals surface area contributed by atoms with Crippen LogP contribution in [0.4, 0.5) is 5.82 Å². The van der Waals surface area contributed by atoms with Crippen LogP contribution < -0.4 is 5.32 Å². The van der Waals surface area contributed by atoms with Gasteiger partial charge in [-0.1, -0.05) is 6.07 Å². The minimum Gasteiger partial charge on any atom is -0.385 e. The van der Waals surface area contributed by atoms with Crippen LogP contribution in [0, 0.1) is 0 Å². The molecule has 0 spiro atoms. The minimum atomic E-state index is 0.850. The maximum absolute atomic E-state index is 5.04. The van der Waals surface area contributed by atoms with Crippen LogP contribution in [0.25, 0.3) is 0 Å². The normalized spacial score (nSPS) is 14.3. The number of ether oxygens (including phenoxy) is 1. The van der Waals surface area contributed by atoms with E-state index >= 15 is 0 Å². The van der Waals surface area contributed by atoms with E-state index in [0.717, 1.165) is 38.2 Å². The van der Waals surface area contributed by atoms with Gasteiger partial charge in [-0.2, -0.15) is 0 Å². The zero-order chi connectivity index (χ0) is 11.2. The predicted molar refractivity (Wildman–Crippen MR) is 65.9 cm³/mol. The number of nitrogens with one attached hydrogen (secondary N) is 1. The van der Waals surface area contributed by atoms with E-state index in [4.69, 9.17) is 4.74 Å². The molecule has 0 saturated heterocycles. The summed E-state index contributed by atoms with van der Waals surface area (Å²) in [5, 5.41) is 3.37. The van der Waals surface area contributed by atoms with E-state index in [2.05, 4.69) is 22.4 Å². The molecule has 1 aliphatic heterocycles. The molecule has 2 heterocycles. The first kappa shape index (κ1) is 11.4. The third-order valence-corrected chi connectivity index (χ3v) is 2.98. The van der Waals surface area contributed by atoms with Crippen molar-refractivity contribution in [3.63, 3.8) is 0 Å². The highest BCUT2D eigenvalue weighted by atomic mass is 16.5. The Bertz CT molecular complexity index is 339. The lowest BCUT2D eigenvalue weighted by molar-refractivity contribution is 0.193. The quantitative estimate of drug-likeness (QED) is 0.774. The van der Waals surface area contributed by atoms with Crippen molar-refractivity contribution in [1.29, 1.82) is 0 Å². The lowest BCUT2D eigenvalue weighted by Crippen LogP contribution is -2.14. The number of pyridine rings is 1. The number of hydrogen-bond donors (Lipinski definition) is 1. The smallest absolute Gasteiger partial charge is 0.129 e. The van der Waals surface area contributed by atoms with Gasteiger partial charge in [-0.05, 0) is 43.7 Å². The molecule has 3 heteroatoms. The molecule has 0 radical (unpaired) electrons. The van der Waals surface area contributed by atoms with Crippen LogP contribution in [-0.2, 0) is 17.6 Å². The van der Waals surface area contributed by atoms with E-state index in [1.54, 1.807) is 7.11 Å². The zero-order valence-electron chi connectivity index (χ0n) is 9.96. The van der Waals surface area contributed by atoms with E-state index < -0.39 is 0 Å². The molecular formula is C13H20N2O. The minimum absolute atomic E-state index is 0.850. The van der Waals surface area contributed by atoms with Gasteiger partial charge in [0.25, 0.3) is 0 Å². The van der Waals surface area contributed by atoms with Crippen LogP contribution in [0.1, 0.15) is 30.5 Å². The topological polar surface area (TPSA) is 34.1 Å². The van der Waals surface area contributed by atoms with Crippen molar-refractivity contribution in [3.05, 3.63) is 23.4 Å². The summed E-state index contributed by atoms with van der Waals surface area (Å²) in [5.41, 5.74) is 2.57. The van der Waals surface area contributed by atoms with Gasteiger partial charge in [0, 0.05) is 26.0 Å². The monoisotopic (exact) mass is 220 g/mol. The fourth-order valence-corrected chi connectivity index (χ4v) is 2.06. The average Bonchev–Trinajstić information content (AvgIpc) is 2.34. The Morgan fingerprint density at radius 3 is 3.19 bits per heavy atom. The second kappa shape index (κ2) is 5.85. The first-order chi connectivity index (χ1) is 7.90. The highest BCUT2D eigenvalue weighted by Gasteiger charge is 2.09. The largest absolute Gasteiger partial charge is 0.385 e. The number of aryl methyl sites for hydroxylation is 2. The summed E-state index contributed by atoms with van der Waals surface area (Å²) in [6.07, 6.45) is 5.71. The van der Waals surface area contributed by atoms with Crippen LogP contribution in [0.2, 0.25) is 0 Å². The number of nitrogens with zero attached hydrogens (tertiary/aromatic N) is 1. The summed E-state index contributed by atoms with van der Waals surface area (Å²) in [7, 11) is 1.75. The van der Waals surface area contributed by atoms with E-state index in [-0.39, 0.29) is 0 Å². The number of aromatic nitrogens is 1. The predicted octanol–water partition coefficient (Wildman–Crippen LogP) is 2.41. The molecule has 0 fully saturated rings. The molecule has 16 heavy (non-hydrogen) atoms. The molecular weight excluding hydrogens is 200 g/mol. The van der Waals surface area contributed by atoms with Gasteiger partial charge in [0.05, 0.1) is 0 Å². The van der Waals surface area contributed by atoms with Crippen molar-refractivity contribution in [2.24, 2.45) is 0 Å². The van der Waals surface area contributed by atoms with Gasteiger partial charge in [0.15, 0.2) is 0 Å². The van der Waals surface area contributed by atoms with Gasteiger partial charge < -0.3 is 10.1 Å². The number of methoxy groups -OCH3 is 1. The summed E-state index contributed by atoms with van der Waals surface area (Å²) in [6, 6.07) is 4.39. The molecule has 2 rings (SSSR count). The highest BCUT2D eigenvalue weighted by molar-refractivity contribution is 5.46. The average molecular weight is 220 g/mol. The molecule has 0 aliphatic carbocycles. The van der Waals surface area contributed by atoms with Crippen LogP contribution >= 0.6 is 0 Å². The van der Waals surface area contributed by atoms with Crippen molar-refractivity contribution in [2.75, 3.05) is 25.6 Å². The summed E-state index contributed by atoms with van der Waals surface area (Å²) < 4.78 is 5.04. The fraction of sp³-hybridized carbons (Fsp3) is 0.615. The van der Waals surface area contributed by atoms with Crippen molar-refractivity contribution in [3.8, 4) is 0 Å². The summed E-state index contributed by atoms with van der Waals surface area (Å²) in [5.74, 6) is 1.11. The Morgan fingerprint density at radius 2 is 2.31 bits per heavy atom. The molecule has 1 aliphatic rings. The molecule has 0 atom stereocenters. The van der Waals surface area contributed by atoms with E-state index in [1.165, 1.54) is 24.1 Å². The molecule has 0 aromatic carbocycles. The van der Waals surface area contributed by atoms with Gasteiger partial charge in [-0.3, -0.25) is 0 Å². The molecule has 88 valence electrons. The van der Waals surface area contributed by atoms with Crippen LogP contribution in [-0.4, -0.2) is 25.2 Å². The van der Waals surface area contributed by atoms with Crippen LogP contribution in [0.15, 0.2) is 12.1 Å².